The topological polar surface area (TPSA) is 24.9 Å². The van der Waals surface area contributed by atoms with Gasteiger partial charge in [0.05, 0.1) is 0 Å². The molecule has 1 aromatic heterocycles. The lowest BCUT2D eigenvalue weighted by atomic mass is 10.1. The maximum absolute atomic E-state index is 4.23. The standard InChI is InChI=1S/C11H18N2/c1-4-9(2)8-13-11-7-10(3)5-6-12-11/h5-7,9H,4,8H2,1-3H3,(H,12,13). The zero-order valence-corrected chi connectivity index (χ0v) is 8.67. The lowest BCUT2D eigenvalue weighted by Gasteiger charge is -2.10. The molecule has 1 atom stereocenters. The normalized spacial score (nSPS) is 12.5. The Balaban J connectivity index is 2.45. The summed E-state index contributed by atoms with van der Waals surface area (Å²) in [6.07, 6.45) is 3.05. The van der Waals surface area contributed by atoms with Gasteiger partial charge in [-0.3, -0.25) is 0 Å². The minimum Gasteiger partial charge on any atom is -0.370 e. The summed E-state index contributed by atoms with van der Waals surface area (Å²) >= 11 is 0. The van der Waals surface area contributed by atoms with E-state index in [0.29, 0.717) is 5.92 Å². The predicted octanol–water partition coefficient (Wildman–Crippen LogP) is 2.85. The molecule has 0 spiro atoms. The van der Waals surface area contributed by atoms with E-state index in [1.165, 1.54) is 12.0 Å². The molecule has 2 nitrogen and oxygen atoms in total. The summed E-state index contributed by atoms with van der Waals surface area (Å²) in [6.45, 7) is 7.53. The van der Waals surface area contributed by atoms with Gasteiger partial charge < -0.3 is 5.32 Å². The van der Waals surface area contributed by atoms with E-state index < -0.39 is 0 Å². The minimum absolute atomic E-state index is 0.710. The molecule has 72 valence electrons. The highest BCUT2D eigenvalue weighted by molar-refractivity contribution is 5.36. The Morgan fingerprint density at radius 1 is 1.54 bits per heavy atom. The lowest BCUT2D eigenvalue weighted by molar-refractivity contribution is 0.592. The van der Waals surface area contributed by atoms with Gasteiger partial charge in [0.15, 0.2) is 0 Å². The van der Waals surface area contributed by atoms with Crippen molar-refractivity contribution >= 4 is 5.82 Å². The van der Waals surface area contributed by atoms with Crippen molar-refractivity contribution in [1.29, 1.82) is 0 Å². The van der Waals surface area contributed by atoms with Gasteiger partial charge in [-0.2, -0.15) is 0 Å². The SMILES string of the molecule is CCC(C)CNc1cc(C)ccn1. The molecular formula is C11H18N2. The van der Waals surface area contributed by atoms with E-state index >= 15 is 0 Å². The summed E-state index contributed by atoms with van der Waals surface area (Å²) in [5.41, 5.74) is 1.25. The first-order chi connectivity index (χ1) is 6.22. The van der Waals surface area contributed by atoms with E-state index in [1.807, 2.05) is 12.3 Å². The number of aromatic nitrogens is 1. The quantitative estimate of drug-likeness (QED) is 0.766. The smallest absolute Gasteiger partial charge is 0.126 e. The summed E-state index contributed by atoms with van der Waals surface area (Å²) < 4.78 is 0. The molecule has 1 heterocycles. The highest BCUT2D eigenvalue weighted by Crippen LogP contribution is 2.07. The van der Waals surface area contributed by atoms with Gasteiger partial charge in [-0.1, -0.05) is 20.3 Å². The van der Waals surface area contributed by atoms with Crippen molar-refractivity contribution in [1.82, 2.24) is 4.98 Å². The van der Waals surface area contributed by atoms with E-state index in [4.69, 9.17) is 0 Å². The highest BCUT2D eigenvalue weighted by atomic mass is 15.0. The number of anilines is 1. The van der Waals surface area contributed by atoms with Crippen molar-refractivity contribution in [2.45, 2.75) is 27.2 Å². The maximum Gasteiger partial charge on any atom is 0.126 e. The molecule has 2 heteroatoms. The Morgan fingerprint density at radius 3 is 2.92 bits per heavy atom. The summed E-state index contributed by atoms with van der Waals surface area (Å²) in [6, 6.07) is 4.08. The van der Waals surface area contributed by atoms with E-state index in [0.717, 1.165) is 12.4 Å². The molecule has 0 saturated carbocycles. The van der Waals surface area contributed by atoms with Crippen LogP contribution >= 0.6 is 0 Å². The monoisotopic (exact) mass is 178 g/mol. The van der Waals surface area contributed by atoms with Crippen LogP contribution in [0, 0.1) is 12.8 Å². The molecule has 0 bridgehead atoms. The van der Waals surface area contributed by atoms with Crippen LogP contribution in [-0.2, 0) is 0 Å². The number of hydrogen-bond acceptors (Lipinski definition) is 2. The van der Waals surface area contributed by atoms with Gasteiger partial charge in [-0.15, -0.1) is 0 Å². The molecule has 13 heavy (non-hydrogen) atoms. The molecule has 0 radical (unpaired) electrons. The van der Waals surface area contributed by atoms with E-state index in [1.54, 1.807) is 0 Å². The van der Waals surface area contributed by atoms with Gasteiger partial charge in [0.25, 0.3) is 0 Å². The Kier molecular flexibility index (Phi) is 3.74. The fraction of sp³-hybridized carbons (Fsp3) is 0.545. The number of pyridine rings is 1. The molecule has 0 aromatic carbocycles. The largest absolute Gasteiger partial charge is 0.370 e. The fourth-order valence-electron chi connectivity index (χ4n) is 1.06. The molecule has 1 aromatic rings. The Morgan fingerprint density at radius 2 is 2.31 bits per heavy atom. The van der Waals surface area contributed by atoms with Gasteiger partial charge in [0.1, 0.15) is 5.82 Å². The van der Waals surface area contributed by atoms with Crippen molar-refractivity contribution in [2.75, 3.05) is 11.9 Å². The van der Waals surface area contributed by atoms with E-state index in [-0.39, 0.29) is 0 Å². The van der Waals surface area contributed by atoms with E-state index in [2.05, 4.69) is 37.1 Å². The molecule has 1 rings (SSSR count). The van der Waals surface area contributed by atoms with Crippen LogP contribution in [0.3, 0.4) is 0 Å². The minimum atomic E-state index is 0.710. The second-order valence-corrected chi connectivity index (χ2v) is 3.61. The van der Waals surface area contributed by atoms with Gasteiger partial charge in [-0.25, -0.2) is 4.98 Å². The average molecular weight is 178 g/mol. The number of nitrogens with one attached hydrogen (secondary N) is 1. The first-order valence-corrected chi connectivity index (χ1v) is 4.89. The van der Waals surface area contributed by atoms with E-state index in [9.17, 15) is 0 Å². The van der Waals surface area contributed by atoms with Crippen LogP contribution in [0.2, 0.25) is 0 Å². The molecule has 0 aliphatic heterocycles. The third-order valence-electron chi connectivity index (χ3n) is 2.24. The van der Waals surface area contributed by atoms with Gasteiger partial charge in [0, 0.05) is 12.7 Å². The maximum atomic E-state index is 4.23. The third kappa shape index (κ3) is 3.45. The Hall–Kier alpha value is -1.05. The van der Waals surface area contributed by atoms with Crippen LogP contribution in [0.5, 0.6) is 0 Å². The van der Waals surface area contributed by atoms with Crippen LogP contribution in [0.15, 0.2) is 18.3 Å². The zero-order chi connectivity index (χ0) is 9.68. The van der Waals surface area contributed by atoms with Crippen molar-refractivity contribution < 1.29 is 0 Å². The second kappa shape index (κ2) is 4.85. The summed E-state index contributed by atoms with van der Waals surface area (Å²) in [5.74, 6) is 1.70. The molecule has 0 aliphatic rings. The summed E-state index contributed by atoms with van der Waals surface area (Å²) in [5, 5.41) is 3.33. The van der Waals surface area contributed by atoms with Gasteiger partial charge in [-0.05, 0) is 30.5 Å². The van der Waals surface area contributed by atoms with Crippen LogP contribution in [-0.4, -0.2) is 11.5 Å². The van der Waals surface area contributed by atoms with Crippen LogP contribution < -0.4 is 5.32 Å². The predicted molar refractivity (Wildman–Crippen MR) is 56.9 cm³/mol. The number of hydrogen-bond donors (Lipinski definition) is 1. The van der Waals surface area contributed by atoms with Crippen molar-refractivity contribution in [2.24, 2.45) is 5.92 Å². The molecule has 0 aliphatic carbocycles. The fourth-order valence-corrected chi connectivity index (χ4v) is 1.06. The van der Waals surface area contributed by atoms with Gasteiger partial charge >= 0.3 is 0 Å². The molecule has 0 amide bonds. The van der Waals surface area contributed by atoms with Crippen LogP contribution in [0.1, 0.15) is 25.8 Å². The first kappa shape index (κ1) is 10.0. The average Bonchev–Trinajstić information content (AvgIpc) is 2.14. The summed E-state index contributed by atoms with van der Waals surface area (Å²) in [4.78, 5) is 4.23. The molecule has 1 unspecified atom stereocenters. The zero-order valence-electron chi connectivity index (χ0n) is 8.67. The van der Waals surface area contributed by atoms with Gasteiger partial charge in [0.2, 0.25) is 0 Å². The highest BCUT2D eigenvalue weighted by Gasteiger charge is 1.98. The van der Waals surface area contributed by atoms with Crippen molar-refractivity contribution in [3.8, 4) is 0 Å². The number of nitrogens with zero attached hydrogens (tertiary/aromatic N) is 1. The number of rotatable bonds is 4. The van der Waals surface area contributed by atoms with Crippen LogP contribution in [0.25, 0.3) is 0 Å². The molecule has 0 fully saturated rings. The van der Waals surface area contributed by atoms with Crippen molar-refractivity contribution in [3.63, 3.8) is 0 Å². The second-order valence-electron chi connectivity index (χ2n) is 3.61. The Labute approximate surface area is 80.4 Å². The van der Waals surface area contributed by atoms with Crippen LogP contribution in [0.4, 0.5) is 5.82 Å². The van der Waals surface area contributed by atoms with Crippen molar-refractivity contribution in [3.05, 3.63) is 23.9 Å². The third-order valence-corrected chi connectivity index (χ3v) is 2.24. The summed E-state index contributed by atoms with van der Waals surface area (Å²) in [7, 11) is 0. The first-order valence-electron chi connectivity index (χ1n) is 4.89. The lowest BCUT2D eigenvalue weighted by Crippen LogP contribution is -2.11. The molecule has 0 saturated heterocycles. The Bertz CT molecular complexity index is 258. The number of aryl methyl sites for hydroxylation is 1. The molecule has 1 N–H and O–H groups in total. The molecular weight excluding hydrogens is 160 g/mol.